The van der Waals surface area contributed by atoms with E-state index in [-0.39, 0.29) is 0 Å². The molecule has 3 aliphatic carbocycles. The first kappa shape index (κ1) is 41.2. The summed E-state index contributed by atoms with van der Waals surface area (Å²) in [6, 6.07) is 71.7. The lowest BCUT2D eigenvalue weighted by atomic mass is 9.78. The first-order chi connectivity index (χ1) is 33.8. The predicted octanol–water partition coefficient (Wildman–Crippen LogP) is 18.4. The van der Waals surface area contributed by atoms with Crippen molar-refractivity contribution in [2.75, 3.05) is 9.80 Å². The van der Waals surface area contributed by atoms with Gasteiger partial charge < -0.3 is 9.80 Å². The Kier molecular flexibility index (Phi) is 11.1. The Labute approximate surface area is 400 Å². The SMILES string of the molecule is C1=CC(N(C2=CCCC=C2)c2ccc(-c3c(-c4ccccc4)cc(-c4ccc(N(c5ccccc5)c5ccccc5)cc4)c4c5c(c6cc(-c7ccccc7)ccc6c34)CCC=C5)cc2)=CCC1. The van der Waals surface area contributed by atoms with Gasteiger partial charge in [0.15, 0.2) is 0 Å². The molecule has 9 aromatic carbocycles. The Morgan fingerprint density at radius 1 is 0.324 bits per heavy atom. The van der Waals surface area contributed by atoms with Crippen molar-refractivity contribution < 1.29 is 0 Å². The molecule has 0 saturated carbocycles. The molecule has 0 bridgehead atoms. The third kappa shape index (κ3) is 7.68. The van der Waals surface area contributed by atoms with E-state index >= 15 is 0 Å². The molecule has 0 radical (unpaired) electrons. The summed E-state index contributed by atoms with van der Waals surface area (Å²) >= 11 is 0. The van der Waals surface area contributed by atoms with E-state index < -0.39 is 0 Å². The van der Waals surface area contributed by atoms with Gasteiger partial charge in [0, 0.05) is 34.1 Å². The smallest absolute Gasteiger partial charge is 0.0462 e. The fraction of sp³-hybridized carbons (Fsp3) is 0.0909. The number of fused-ring (bicyclic) bond motifs is 6. The van der Waals surface area contributed by atoms with E-state index in [0.717, 1.165) is 55.6 Å². The summed E-state index contributed by atoms with van der Waals surface area (Å²) in [5.41, 5.74) is 19.6. The Balaban J connectivity index is 1.12. The highest BCUT2D eigenvalue weighted by atomic mass is 15.2. The van der Waals surface area contributed by atoms with E-state index in [1.807, 2.05) is 0 Å². The lowest BCUT2D eigenvalue weighted by Crippen LogP contribution is -2.21. The van der Waals surface area contributed by atoms with Gasteiger partial charge in [-0.25, -0.2) is 0 Å². The fourth-order valence-electron chi connectivity index (χ4n) is 10.8. The largest absolute Gasteiger partial charge is 0.311 e. The third-order valence-electron chi connectivity index (χ3n) is 13.9. The zero-order valence-electron chi connectivity index (χ0n) is 38.2. The van der Waals surface area contributed by atoms with Crippen LogP contribution in [-0.4, -0.2) is 0 Å². The molecule has 0 amide bonds. The van der Waals surface area contributed by atoms with Crippen LogP contribution in [0.15, 0.2) is 248 Å². The van der Waals surface area contributed by atoms with Crippen LogP contribution in [0.5, 0.6) is 0 Å². The highest BCUT2D eigenvalue weighted by molar-refractivity contribution is 6.25. The van der Waals surface area contributed by atoms with Gasteiger partial charge >= 0.3 is 0 Å². The Morgan fingerprint density at radius 3 is 1.41 bits per heavy atom. The van der Waals surface area contributed by atoms with Crippen molar-refractivity contribution in [2.45, 2.75) is 38.5 Å². The molecule has 0 heterocycles. The molecular formula is C66H52N2. The second-order valence-corrected chi connectivity index (χ2v) is 18.1. The van der Waals surface area contributed by atoms with Crippen LogP contribution in [0.3, 0.4) is 0 Å². The molecule has 0 spiro atoms. The molecule has 12 rings (SSSR count). The van der Waals surface area contributed by atoms with Crippen molar-refractivity contribution in [3.8, 4) is 44.5 Å². The van der Waals surface area contributed by atoms with Gasteiger partial charge in [-0.1, -0.05) is 170 Å². The van der Waals surface area contributed by atoms with E-state index in [4.69, 9.17) is 0 Å². The third-order valence-corrected chi connectivity index (χ3v) is 13.9. The van der Waals surface area contributed by atoms with Crippen molar-refractivity contribution in [1.82, 2.24) is 0 Å². The van der Waals surface area contributed by atoms with Gasteiger partial charge in [-0.05, 0) is 189 Å². The minimum Gasteiger partial charge on any atom is -0.311 e. The molecular weight excluding hydrogens is 821 g/mol. The molecule has 2 nitrogen and oxygen atoms in total. The molecule has 0 saturated heterocycles. The molecule has 0 N–H and O–H groups in total. The Bertz CT molecular complexity index is 3380. The van der Waals surface area contributed by atoms with Gasteiger partial charge in [-0.2, -0.15) is 0 Å². The van der Waals surface area contributed by atoms with Gasteiger partial charge in [0.25, 0.3) is 0 Å². The van der Waals surface area contributed by atoms with Crippen LogP contribution in [0.2, 0.25) is 0 Å². The summed E-state index contributed by atoms with van der Waals surface area (Å²) in [7, 11) is 0. The first-order valence-corrected chi connectivity index (χ1v) is 24.3. The number of hydrogen-bond acceptors (Lipinski definition) is 2. The summed E-state index contributed by atoms with van der Waals surface area (Å²) < 4.78 is 0. The lowest BCUT2D eigenvalue weighted by Gasteiger charge is -2.30. The van der Waals surface area contributed by atoms with E-state index in [1.165, 1.54) is 94.3 Å². The molecule has 0 aromatic heterocycles. The molecule has 0 atom stereocenters. The predicted molar refractivity (Wildman–Crippen MR) is 291 cm³/mol. The fourth-order valence-corrected chi connectivity index (χ4v) is 10.8. The van der Waals surface area contributed by atoms with Crippen molar-refractivity contribution in [1.29, 1.82) is 0 Å². The minimum atomic E-state index is 0.993. The van der Waals surface area contributed by atoms with Gasteiger partial charge in [-0.3, -0.25) is 0 Å². The number of anilines is 4. The number of rotatable bonds is 10. The topological polar surface area (TPSA) is 6.48 Å². The summed E-state index contributed by atoms with van der Waals surface area (Å²) in [6.07, 6.45) is 25.1. The number of benzene rings is 9. The second-order valence-electron chi connectivity index (χ2n) is 18.1. The van der Waals surface area contributed by atoms with Crippen molar-refractivity contribution in [2.24, 2.45) is 0 Å². The molecule has 2 heteroatoms. The van der Waals surface area contributed by atoms with Gasteiger partial charge in [0.2, 0.25) is 0 Å². The minimum absolute atomic E-state index is 0.993. The normalized spacial score (nSPS) is 14.1. The second kappa shape index (κ2) is 18.2. The molecule has 0 fully saturated rings. The van der Waals surface area contributed by atoms with Gasteiger partial charge in [0.1, 0.15) is 0 Å². The molecule has 0 aliphatic heterocycles. The summed E-state index contributed by atoms with van der Waals surface area (Å²) in [4.78, 5) is 4.78. The quantitative estimate of drug-likeness (QED) is 0.126. The summed E-state index contributed by atoms with van der Waals surface area (Å²) in [5, 5.41) is 5.23. The van der Waals surface area contributed by atoms with E-state index in [0.29, 0.717) is 0 Å². The molecule has 0 unspecified atom stereocenters. The summed E-state index contributed by atoms with van der Waals surface area (Å²) in [6.45, 7) is 0. The van der Waals surface area contributed by atoms with E-state index in [2.05, 4.69) is 253 Å². The Morgan fingerprint density at radius 2 is 0.824 bits per heavy atom. The van der Waals surface area contributed by atoms with Crippen LogP contribution in [0.4, 0.5) is 22.7 Å². The van der Waals surface area contributed by atoms with Crippen LogP contribution in [0.25, 0.3) is 72.1 Å². The average Bonchev–Trinajstić information content (AvgIpc) is 3.42. The van der Waals surface area contributed by atoms with Crippen molar-refractivity contribution in [3.05, 3.63) is 259 Å². The number of aryl methyl sites for hydroxylation is 1. The van der Waals surface area contributed by atoms with Gasteiger partial charge in [0.05, 0.1) is 0 Å². The van der Waals surface area contributed by atoms with Crippen molar-refractivity contribution >= 4 is 50.4 Å². The number of allylic oxidation sites excluding steroid dienone is 7. The Hall–Kier alpha value is -8.20. The van der Waals surface area contributed by atoms with Crippen LogP contribution < -0.4 is 9.80 Å². The van der Waals surface area contributed by atoms with Crippen LogP contribution in [0.1, 0.15) is 43.2 Å². The monoisotopic (exact) mass is 872 g/mol. The van der Waals surface area contributed by atoms with E-state index in [1.54, 1.807) is 0 Å². The zero-order valence-corrected chi connectivity index (χ0v) is 38.2. The first-order valence-electron chi connectivity index (χ1n) is 24.3. The lowest BCUT2D eigenvalue weighted by molar-refractivity contribution is 0.958. The molecule has 68 heavy (non-hydrogen) atoms. The summed E-state index contributed by atoms with van der Waals surface area (Å²) in [5.74, 6) is 0. The van der Waals surface area contributed by atoms with E-state index in [9.17, 15) is 0 Å². The molecule has 9 aromatic rings. The maximum atomic E-state index is 2.50. The van der Waals surface area contributed by atoms with Crippen LogP contribution in [-0.2, 0) is 6.42 Å². The van der Waals surface area contributed by atoms with Crippen molar-refractivity contribution in [3.63, 3.8) is 0 Å². The number of hydrogen-bond donors (Lipinski definition) is 0. The average molecular weight is 873 g/mol. The number of nitrogens with zero attached hydrogens (tertiary/aromatic N) is 2. The maximum absolute atomic E-state index is 2.50. The zero-order chi connectivity index (χ0) is 45.2. The highest BCUT2D eigenvalue weighted by Gasteiger charge is 2.26. The standard InChI is InChI=1S/C66H52N2/c1-7-21-47(22-8-1)51-39-44-60-63(45-51)58-33-19-20-34-59(58)65-62(49-35-40-56(41-36-49)67(52-25-11-3-12-26-52)53-27-13-4-14-28-53)46-61(48-23-9-2-10-24-48)64(66(60)65)50-37-42-57(43-38-50)68(54-29-15-5-16-30-54)55-31-17-6-18-32-55/h1-4,7-15,17,20-32,34-46H,5-6,16,18-19,33H2. The number of para-hydroxylation sites is 2. The maximum Gasteiger partial charge on any atom is 0.0462 e. The molecule has 3 aliphatic rings. The van der Waals surface area contributed by atoms with Crippen LogP contribution >= 0.6 is 0 Å². The highest BCUT2D eigenvalue weighted by Crippen LogP contribution is 2.51. The van der Waals surface area contributed by atoms with Gasteiger partial charge in [-0.15, -0.1) is 0 Å². The van der Waals surface area contributed by atoms with Crippen LogP contribution in [0, 0.1) is 0 Å². The molecule has 326 valence electrons.